The molecule has 0 radical (unpaired) electrons. The van der Waals surface area contributed by atoms with Crippen LogP contribution < -0.4 is 15.4 Å². The highest BCUT2D eigenvalue weighted by atomic mass is 19.1. The Morgan fingerprint density at radius 1 is 0.905 bits per heavy atom. The maximum Gasteiger partial charge on any atom is 0.251 e. The van der Waals surface area contributed by atoms with Crippen LogP contribution >= 0.6 is 0 Å². The molecule has 0 spiro atoms. The number of halogens is 2. The van der Waals surface area contributed by atoms with Crippen molar-refractivity contribution in [2.24, 2.45) is 5.92 Å². The maximum atomic E-state index is 14.0. The first-order valence-electron chi connectivity index (χ1n) is 14.6. The standard InChI is InChI=1S/C34H42F2N2O4/c1-5-8-25(9-6-2)33(40)26-12-22(3)13-27(18-26)34(41)38-31(17-24-14-28(35)19-29(36)15-24)32(39)21-37-20-23-10-7-11-30(16-23)42-4/h7,10-16,18-19,25,31-32,37,39H,5-6,8-9,17,20-21H2,1-4H3,(H,38,41). The zero-order chi connectivity index (χ0) is 30.6. The minimum Gasteiger partial charge on any atom is -0.497 e. The number of aryl methyl sites for hydroxylation is 1. The molecule has 42 heavy (non-hydrogen) atoms. The third kappa shape index (κ3) is 9.74. The van der Waals surface area contributed by atoms with E-state index < -0.39 is 29.7 Å². The van der Waals surface area contributed by atoms with Crippen LogP contribution in [0.15, 0.2) is 60.7 Å². The van der Waals surface area contributed by atoms with Crippen molar-refractivity contribution in [3.05, 3.63) is 100 Å². The summed E-state index contributed by atoms with van der Waals surface area (Å²) in [5.41, 5.74) is 2.78. The van der Waals surface area contributed by atoms with Gasteiger partial charge in [-0.05, 0) is 85.3 Å². The first kappa shape index (κ1) is 32.9. The molecule has 226 valence electrons. The lowest BCUT2D eigenvalue weighted by molar-refractivity contribution is 0.0829. The van der Waals surface area contributed by atoms with Crippen LogP contribution in [-0.2, 0) is 13.0 Å². The Bertz CT molecular complexity index is 1320. The fourth-order valence-electron chi connectivity index (χ4n) is 5.20. The number of amides is 1. The van der Waals surface area contributed by atoms with Gasteiger partial charge in [-0.25, -0.2) is 8.78 Å². The summed E-state index contributed by atoms with van der Waals surface area (Å²) in [6.07, 6.45) is 2.25. The van der Waals surface area contributed by atoms with Crippen LogP contribution in [-0.4, -0.2) is 42.6 Å². The predicted octanol–water partition coefficient (Wildman–Crippen LogP) is 6.17. The fraction of sp³-hybridized carbons (Fsp3) is 0.412. The Labute approximate surface area is 247 Å². The van der Waals surface area contributed by atoms with Crippen molar-refractivity contribution in [1.29, 1.82) is 0 Å². The number of hydrogen-bond acceptors (Lipinski definition) is 5. The first-order chi connectivity index (χ1) is 20.1. The summed E-state index contributed by atoms with van der Waals surface area (Å²) < 4.78 is 33.2. The lowest BCUT2D eigenvalue weighted by Gasteiger charge is -2.25. The predicted molar refractivity (Wildman–Crippen MR) is 161 cm³/mol. The Balaban J connectivity index is 1.80. The van der Waals surface area contributed by atoms with Gasteiger partial charge in [-0.2, -0.15) is 0 Å². The number of aliphatic hydroxyl groups is 1. The molecule has 1 amide bonds. The second kappa shape index (κ2) is 16.1. The maximum absolute atomic E-state index is 14.0. The number of aliphatic hydroxyl groups excluding tert-OH is 1. The summed E-state index contributed by atoms with van der Waals surface area (Å²) in [6.45, 7) is 6.46. The van der Waals surface area contributed by atoms with Gasteiger partial charge < -0.3 is 20.5 Å². The number of rotatable bonds is 16. The van der Waals surface area contributed by atoms with Crippen LogP contribution in [0.2, 0.25) is 0 Å². The van der Waals surface area contributed by atoms with E-state index in [0.717, 1.165) is 42.9 Å². The molecule has 0 aliphatic heterocycles. The lowest BCUT2D eigenvalue weighted by atomic mass is 9.88. The zero-order valence-corrected chi connectivity index (χ0v) is 24.9. The SMILES string of the molecule is CCCC(CCC)C(=O)c1cc(C)cc(C(=O)NC(Cc2cc(F)cc(F)c2)C(O)CNCc2cccc(OC)c2)c1. The first-order valence-corrected chi connectivity index (χ1v) is 14.6. The van der Waals surface area contributed by atoms with Crippen LogP contribution in [0, 0.1) is 24.5 Å². The van der Waals surface area contributed by atoms with Crippen LogP contribution in [0.3, 0.4) is 0 Å². The molecular formula is C34H42F2N2O4. The van der Waals surface area contributed by atoms with Gasteiger partial charge in [-0.1, -0.05) is 38.8 Å². The van der Waals surface area contributed by atoms with E-state index in [9.17, 15) is 23.5 Å². The highest BCUT2D eigenvalue weighted by molar-refractivity contribution is 6.02. The Kier molecular flexibility index (Phi) is 12.6. The van der Waals surface area contributed by atoms with Gasteiger partial charge >= 0.3 is 0 Å². The summed E-state index contributed by atoms with van der Waals surface area (Å²) in [5.74, 6) is -1.34. The number of ketones is 1. The van der Waals surface area contributed by atoms with Crippen molar-refractivity contribution in [1.82, 2.24) is 10.6 Å². The third-order valence-corrected chi connectivity index (χ3v) is 7.24. The second-order valence-corrected chi connectivity index (χ2v) is 10.8. The highest BCUT2D eigenvalue weighted by Gasteiger charge is 2.25. The molecule has 3 aromatic carbocycles. The van der Waals surface area contributed by atoms with E-state index in [1.807, 2.05) is 45.0 Å². The molecule has 0 aliphatic carbocycles. The molecule has 2 unspecified atom stereocenters. The van der Waals surface area contributed by atoms with Crippen LogP contribution in [0.25, 0.3) is 0 Å². The topological polar surface area (TPSA) is 87.7 Å². The van der Waals surface area contributed by atoms with Gasteiger partial charge in [0.2, 0.25) is 0 Å². The number of benzene rings is 3. The van der Waals surface area contributed by atoms with Gasteiger partial charge in [0.15, 0.2) is 5.78 Å². The van der Waals surface area contributed by atoms with Gasteiger partial charge in [0.25, 0.3) is 5.91 Å². The van der Waals surface area contributed by atoms with Crippen molar-refractivity contribution >= 4 is 11.7 Å². The van der Waals surface area contributed by atoms with Gasteiger partial charge in [-0.15, -0.1) is 0 Å². The number of nitrogens with one attached hydrogen (secondary N) is 2. The van der Waals surface area contributed by atoms with Gasteiger partial charge in [0.05, 0.1) is 19.3 Å². The minimum absolute atomic E-state index is 0.00486. The average Bonchev–Trinajstić information content (AvgIpc) is 2.95. The summed E-state index contributed by atoms with van der Waals surface area (Å²) >= 11 is 0. The Morgan fingerprint density at radius 3 is 2.21 bits per heavy atom. The molecule has 2 atom stereocenters. The van der Waals surface area contributed by atoms with Gasteiger partial charge in [-0.3, -0.25) is 9.59 Å². The summed E-state index contributed by atoms with van der Waals surface area (Å²) in [4.78, 5) is 26.8. The molecule has 0 aliphatic rings. The molecule has 0 saturated heterocycles. The number of Topliss-reactive ketones (excluding diaryl/α,β-unsaturated/α-hetero) is 1. The number of hydrogen-bond donors (Lipinski definition) is 3. The molecule has 6 nitrogen and oxygen atoms in total. The molecule has 8 heteroatoms. The van der Waals surface area contributed by atoms with E-state index in [-0.39, 0.29) is 30.2 Å². The largest absolute Gasteiger partial charge is 0.497 e. The quantitative estimate of drug-likeness (QED) is 0.176. The van der Waals surface area contributed by atoms with E-state index >= 15 is 0 Å². The minimum atomic E-state index is -1.09. The molecule has 3 aromatic rings. The monoisotopic (exact) mass is 580 g/mol. The van der Waals surface area contributed by atoms with E-state index in [1.54, 1.807) is 25.3 Å². The third-order valence-electron chi connectivity index (χ3n) is 7.24. The van der Waals surface area contributed by atoms with Crippen molar-refractivity contribution in [3.8, 4) is 5.75 Å². The number of carbonyl (C=O) groups excluding carboxylic acids is 2. The van der Waals surface area contributed by atoms with Crippen LogP contribution in [0.4, 0.5) is 8.78 Å². The molecule has 0 bridgehead atoms. The molecular weight excluding hydrogens is 538 g/mol. The van der Waals surface area contributed by atoms with Crippen molar-refractivity contribution in [2.45, 2.75) is 71.6 Å². The average molecular weight is 581 g/mol. The van der Waals surface area contributed by atoms with E-state index in [4.69, 9.17) is 4.74 Å². The summed E-state index contributed by atoms with van der Waals surface area (Å²) in [7, 11) is 1.58. The zero-order valence-electron chi connectivity index (χ0n) is 24.9. The van der Waals surface area contributed by atoms with Crippen LogP contribution in [0.1, 0.15) is 76.9 Å². The molecule has 3 rings (SSSR count). The Morgan fingerprint density at radius 2 is 1.57 bits per heavy atom. The lowest BCUT2D eigenvalue weighted by Crippen LogP contribution is -2.48. The van der Waals surface area contributed by atoms with Crippen LogP contribution in [0.5, 0.6) is 5.75 Å². The van der Waals surface area contributed by atoms with Gasteiger partial charge in [0, 0.05) is 36.2 Å². The van der Waals surface area contributed by atoms with E-state index in [0.29, 0.717) is 23.4 Å². The normalized spacial score (nSPS) is 12.7. The molecule has 3 N–H and O–H groups in total. The molecule has 0 heterocycles. The van der Waals surface area contributed by atoms with E-state index in [2.05, 4.69) is 10.6 Å². The smallest absolute Gasteiger partial charge is 0.251 e. The number of carbonyl (C=O) groups is 2. The molecule has 0 aromatic heterocycles. The molecule has 0 fully saturated rings. The van der Waals surface area contributed by atoms with Gasteiger partial charge in [0.1, 0.15) is 17.4 Å². The second-order valence-electron chi connectivity index (χ2n) is 10.8. The Hall–Kier alpha value is -3.62. The number of methoxy groups -OCH3 is 1. The summed E-state index contributed by atoms with van der Waals surface area (Å²) in [5, 5.41) is 17.2. The highest BCUT2D eigenvalue weighted by Crippen LogP contribution is 2.22. The van der Waals surface area contributed by atoms with E-state index in [1.165, 1.54) is 12.1 Å². The van der Waals surface area contributed by atoms with Crippen molar-refractivity contribution < 1.29 is 28.2 Å². The summed E-state index contributed by atoms with van der Waals surface area (Å²) in [6, 6.07) is 14.8. The fourth-order valence-corrected chi connectivity index (χ4v) is 5.20. The molecule has 0 saturated carbocycles. The van der Waals surface area contributed by atoms with Crippen molar-refractivity contribution in [2.75, 3.05) is 13.7 Å². The van der Waals surface area contributed by atoms with Crippen molar-refractivity contribution in [3.63, 3.8) is 0 Å². The number of ether oxygens (including phenoxy) is 1.